The van der Waals surface area contributed by atoms with Crippen molar-refractivity contribution >= 4 is 5.82 Å². The fourth-order valence-electron chi connectivity index (χ4n) is 1.38. The first-order valence-electron chi connectivity index (χ1n) is 5.10. The molecule has 0 saturated heterocycles. The zero-order chi connectivity index (χ0) is 13.8. The Morgan fingerprint density at radius 2 is 2.11 bits per heavy atom. The van der Waals surface area contributed by atoms with Crippen LogP contribution in [0.25, 0.3) is 0 Å². The fourth-order valence-corrected chi connectivity index (χ4v) is 1.38. The molecule has 0 aliphatic heterocycles. The molecule has 0 bridgehead atoms. The average molecular weight is 253 g/mol. The number of nitrogens with zero attached hydrogens (tertiary/aromatic N) is 3. The summed E-state index contributed by atoms with van der Waals surface area (Å²) in [6.07, 6.45) is 0.590. The van der Waals surface area contributed by atoms with Gasteiger partial charge in [0.05, 0.1) is 12.1 Å². The summed E-state index contributed by atoms with van der Waals surface area (Å²) in [6.45, 7) is 2.19. The van der Waals surface area contributed by atoms with Crippen molar-refractivity contribution < 1.29 is 13.2 Å². The van der Waals surface area contributed by atoms with E-state index in [4.69, 9.17) is 11.7 Å². The van der Waals surface area contributed by atoms with Crippen LogP contribution in [0.5, 0.6) is 0 Å². The molecular weight excluding hydrogens is 243 g/mol. The van der Waals surface area contributed by atoms with Gasteiger partial charge in [0, 0.05) is 6.54 Å². The van der Waals surface area contributed by atoms with Crippen molar-refractivity contribution in [2.24, 2.45) is 0 Å². The van der Waals surface area contributed by atoms with Gasteiger partial charge in [-0.2, -0.15) is 18.4 Å². The summed E-state index contributed by atoms with van der Waals surface area (Å²) in [7, 11) is 0. The summed E-state index contributed by atoms with van der Waals surface area (Å²) in [4.78, 5) is 4.93. The largest absolute Gasteiger partial charge is 0.433 e. The Kier molecular flexibility index (Phi) is 4.17. The summed E-state index contributed by atoms with van der Waals surface area (Å²) < 4.78 is 37.7. The van der Waals surface area contributed by atoms with Crippen LogP contribution in [0.4, 0.5) is 19.0 Å². The van der Waals surface area contributed by atoms with Gasteiger partial charge >= 0.3 is 6.18 Å². The first-order valence-corrected chi connectivity index (χ1v) is 5.10. The molecule has 1 heterocycles. The number of terminal acetylenes is 1. The normalized spacial score (nSPS) is 10.6. The summed E-state index contributed by atoms with van der Waals surface area (Å²) >= 11 is 0. The Balaban J connectivity index is 3.31. The van der Waals surface area contributed by atoms with Gasteiger partial charge < -0.3 is 4.90 Å². The molecule has 0 aromatic carbocycles. The second-order valence-electron chi connectivity index (χ2n) is 3.40. The minimum absolute atomic E-state index is 0.0345. The molecule has 0 N–H and O–H groups in total. The smallest absolute Gasteiger partial charge is 0.345 e. The molecule has 1 aromatic rings. The molecule has 0 spiro atoms. The molecular formula is C12H10F3N3. The van der Waals surface area contributed by atoms with Crippen LogP contribution in [0.15, 0.2) is 12.1 Å². The minimum atomic E-state index is -4.54. The average Bonchev–Trinajstić information content (AvgIpc) is 2.34. The molecule has 0 saturated carbocycles. The second-order valence-corrected chi connectivity index (χ2v) is 3.40. The number of hydrogen-bond acceptors (Lipinski definition) is 3. The van der Waals surface area contributed by atoms with Gasteiger partial charge in [-0.3, -0.25) is 0 Å². The Bertz CT molecular complexity index is 509. The number of anilines is 1. The SMILES string of the molecule is C#CCN(CC)c1nc(C(F)(F)F)ccc1C#N. The maximum absolute atomic E-state index is 12.6. The zero-order valence-corrected chi connectivity index (χ0v) is 9.62. The predicted molar refractivity (Wildman–Crippen MR) is 60.7 cm³/mol. The number of rotatable bonds is 3. The van der Waals surface area contributed by atoms with Crippen LogP contribution in [-0.4, -0.2) is 18.1 Å². The molecule has 0 aliphatic rings. The van der Waals surface area contributed by atoms with Crippen LogP contribution < -0.4 is 4.90 Å². The van der Waals surface area contributed by atoms with Gasteiger partial charge in [0.2, 0.25) is 0 Å². The first-order chi connectivity index (χ1) is 8.43. The highest BCUT2D eigenvalue weighted by Gasteiger charge is 2.33. The van der Waals surface area contributed by atoms with Crippen LogP contribution in [0.3, 0.4) is 0 Å². The molecule has 0 amide bonds. The topological polar surface area (TPSA) is 39.9 Å². The van der Waals surface area contributed by atoms with Crippen molar-refractivity contribution in [3.63, 3.8) is 0 Å². The van der Waals surface area contributed by atoms with E-state index in [-0.39, 0.29) is 17.9 Å². The van der Waals surface area contributed by atoms with E-state index in [0.29, 0.717) is 6.54 Å². The standard InChI is InChI=1S/C12H10F3N3/c1-3-7-18(4-2)11-9(8-16)5-6-10(17-11)12(13,14)15/h1,5-6H,4,7H2,2H3. The van der Waals surface area contributed by atoms with Crippen molar-refractivity contribution in [3.05, 3.63) is 23.4 Å². The van der Waals surface area contributed by atoms with E-state index >= 15 is 0 Å². The molecule has 0 fully saturated rings. The lowest BCUT2D eigenvalue weighted by molar-refractivity contribution is -0.141. The predicted octanol–water partition coefficient (Wildman–Crippen LogP) is 2.43. The number of aromatic nitrogens is 1. The van der Waals surface area contributed by atoms with E-state index in [0.717, 1.165) is 12.1 Å². The lowest BCUT2D eigenvalue weighted by Crippen LogP contribution is -2.26. The molecule has 0 aliphatic carbocycles. The third-order valence-corrected chi connectivity index (χ3v) is 2.25. The molecule has 0 radical (unpaired) electrons. The van der Waals surface area contributed by atoms with Crippen LogP contribution in [0.1, 0.15) is 18.2 Å². The summed E-state index contributed by atoms with van der Waals surface area (Å²) in [5, 5.41) is 8.88. The fraction of sp³-hybridized carbons (Fsp3) is 0.333. The Morgan fingerprint density at radius 1 is 1.44 bits per heavy atom. The van der Waals surface area contributed by atoms with Crippen molar-refractivity contribution in [2.45, 2.75) is 13.1 Å². The maximum atomic E-state index is 12.6. The van der Waals surface area contributed by atoms with Crippen molar-refractivity contribution in [1.82, 2.24) is 4.98 Å². The Hall–Kier alpha value is -2.21. The van der Waals surface area contributed by atoms with Gasteiger partial charge in [-0.1, -0.05) is 5.92 Å². The van der Waals surface area contributed by atoms with Crippen LogP contribution in [-0.2, 0) is 6.18 Å². The summed E-state index contributed by atoms with van der Waals surface area (Å²) in [5.74, 6) is 2.29. The Morgan fingerprint density at radius 3 is 2.56 bits per heavy atom. The lowest BCUT2D eigenvalue weighted by Gasteiger charge is -2.21. The van der Waals surface area contributed by atoms with E-state index in [9.17, 15) is 13.2 Å². The third-order valence-electron chi connectivity index (χ3n) is 2.25. The molecule has 1 aromatic heterocycles. The molecule has 18 heavy (non-hydrogen) atoms. The molecule has 3 nitrogen and oxygen atoms in total. The van der Waals surface area contributed by atoms with Crippen LogP contribution in [0, 0.1) is 23.7 Å². The second kappa shape index (κ2) is 5.42. The van der Waals surface area contributed by atoms with E-state index in [2.05, 4.69) is 10.9 Å². The highest BCUT2D eigenvalue weighted by atomic mass is 19.4. The molecule has 0 unspecified atom stereocenters. The number of pyridine rings is 1. The van der Waals surface area contributed by atoms with Gasteiger partial charge in [-0.05, 0) is 19.1 Å². The number of halogens is 3. The number of hydrogen-bond donors (Lipinski definition) is 0. The van der Waals surface area contributed by atoms with E-state index in [1.165, 1.54) is 4.90 Å². The van der Waals surface area contributed by atoms with Gasteiger partial charge in [-0.15, -0.1) is 6.42 Å². The van der Waals surface area contributed by atoms with Crippen LogP contribution >= 0.6 is 0 Å². The van der Waals surface area contributed by atoms with E-state index < -0.39 is 11.9 Å². The van der Waals surface area contributed by atoms with Gasteiger partial charge in [0.15, 0.2) is 0 Å². The summed E-state index contributed by atoms with van der Waals surface area (Å²) in [5.41, 5.74) is -0.966. The maximum Gasteiger partial charge on any atom is 0.433 e. The quantitative estimate of drug-likeness (QED) is 0.777. The van der Waals surface area contributed by atoms with E-state index in [1.54, 1.807) is 6.92 Å². The molecule has 6 heteroatoms. The third kappa shape index (κ3) is 2.92. The number of nitriles is 1. The lowest BCUT2D eigenvalue weighted by atomic mass is 10.2. The van der Waals surface area contributed by atoms with Crippen molar-refractivity contribution in [3.8, 4) is 18.4 Å². The minimum Gasteiger partial charge on any atom is -0.345 e. The number of alkyl halides is 3. The van der Waals surface area contributed by atoms with Crippen LogP contribution in [0.2, 0.25) is 0 Å². The molecule has 94 valence electrons. The molecule has 1 rings (SSSR count). The Labute approximate surface area is 103 Å². The summed E-state index contributed by atoms with van der Waals surface area (Å²) in [6, 6.07) is 3.69. The highest BCUT2D eigenvalue weighted by Crippen LogP contribution is 2.30. The molecule has 0 atom stereocenters. The monoisotopic (exact) mass is 253 g/mol. The highest BCUT2D eigenvalue weighted by molar-refractivity contribution is 5.55. The van der Waals surface area contributed by atoms with Crippen molar-refractivity contribution in [2.75, 3.05) is 18.0 Å². The van der Waals surface area contributed by atoms with Gasteiger partial charge in [-0.25, -0.2) is 4.98 Å². The zero-order valence-electron chi connectivity index (χ0n) is 9.62. The van der Waals surface area contributed by atoms with Gasteiger partial charge in [0.25, 0.3) is 0 Å². The van der Waals surface area contributed by atoms with Gasteiger partial charge in [0.1, 0.15) is 17.6 Å². The van der Waals surface area contributed by atoms with E-state index in [1.807, 2.05) is 6.07 Å². The van der Waals surface area contributed by atoms with Crippen molar-refractivity contribution in [1.29, 1.82) is 5.26 Å². The first kappa shape index (κ1) is 13.9.